The van der Waals surface area contributed by atoms with Crippen molar-refractivity contribution in [2.75, 3.05) is 6.61 Å². The summed E-state index contributed by atoms with van der Waals surface area (Å²) in [5.41, 5.74) is 2.80. The SMILES string of the molecule is CCC(C)NC(=O)C(CC)N(Cc1ccc(F)cc1)C(=O)COc1ccc(C)cc1C. The Hall–Kier alpha value is -2.89. The topological polar surface area (TPSA) is 58.6 Å². The maximum absolute atomic E-state index is 13.3. The number of halogens is 1. The summed E-state index contributed by atoms with van der Waals surface area (Å²) in [7, 11) is 0. The fraction of sp³-hybridized carbons (Fsp3) is 0.440. The van der Waals surface area contributed by atoms with E-state index in [0.717, 1.165) is 23.1 Å². The number of hydrogen-bond acceptors (Lipinski definition) is 3. The van der Waals surface area contributed by atoms with Crippen molar-refractivity contribution in [1.29, 1.82) is 0 Å². The van der Waals surface area contributed by atoms with Gasteiger partial charge in [0.05, 0.1) is 0 Å². The van der Waals surface area contributed by atoms with Gasteiger partial charge in [0, 0.05) is 12.6 Å². The van der Waals surface area contributed by atoms with Crippen molar-refractivity contribution >= 4 is 11.8 Å². The van der Waals surface area contributed by atoms with E-state index in [1.54, 1.807) is 12.1 Å². The summed E-state index contributed by atoms with van der Waals surface area (Å²) in [6.45, 7) is 9.73. The molecule has 0 spiro atoms. The Labute approximate surface area is 184 Å². The third-order valence-electron chi connectivity index (χ3n) is 5.33. The van der Waals surface area contributed by atoms with Crippen LogP contribution in [0.5, 0.6) is 5.75 Å². The van der Waals surface area contributed by atoms with Gasteiger partial charge < -0.3 is 15.0 Å². The van der Waals surface area contributed by atoms with Crippen molar-refractivity contribution in [3.8, 4) is 5.75 Å². The molecule has 168 valence electrons. The average molecular weight is 429 g/mol. The summed E-state index contributed by atoms with van der Waals surface area (Å²) in [6, 6.07) is 11.1. The van der Waals surface area contributed by atoms with Crippen LogP contribution in [0.4, 0.5) is 4.39 Å². The van der Waals surface area contributed by atoms with Gasteiger partial charge in [-0.2, -0.15) is 0 Å². The van der Waals surface area contributed by atoms with E-state index in [4.69, 9.17) is 4.74 Å². The van der Waals surface area contributed by atoms with Crippen LogP contribution < -0.4 is 10.1 Å². The van der Waals surface area contributed by atoms with Crippen LogP contribution >= 0.6 is 0 Å². The van der Waals surface area contributed by atoms with E-state index < -0.39 is 6.04 Å². The van der Waals surface area contributed by atoms with E-state index in [9.17, 15) is 14.0 Å². The molecule has 2 unspecified atom stereocenters. The minimum absolute atomic E-state index is 0.00998. The lowest BCUT2D eigenvalue weighted by molar-refractivity contribution is -0.143. The van der Waals surface area contributed by atoms with Gasteiger partial charge in [0.2, 0.25) is 5.91 Å². The van der Waals surface area contributed by atoms with Crippen molar-refractivity contribution in [1.82, 2.24) is 10.2 Å². The molecule has 2 aromatic carbocycles. The van der Waals surface area contributed by atoms with Gasteiger partial charge in [-0.15, -0.1) is 0 Å². The molecule has 0 aliphatic heterocycles. The number of aryl methyl sites for hydroxylation is 2. The number of nitrogens with zero attached hydrogens (tertiary/aromatic N) is 1. The zero-order valence-corrected chi connectivity index (χ0v) is 19.1. The molecule has 6 heteroatoms. The molecule has 0 bridgehead atoms. The van der Waals surface area contributed by atoms with Crippen LogP contribution in [0.25, 0.3) is 0 Å². The van der Waals surface area contributed by atoms with E-state index >= 15 is 0 Å². The van der Waals surface area contributed by atoms with Crippen LogP contribution in [0, 0.1) is 19.7 Å². The van der Waals surface area contributed by atoms with Crippen molar-refractivity contribution in [3.63, 3.8) is 0 Å². The van der Waals surface area contributed by atoms with Crippen molar-refractivity contribution < 1.29 is 18.7 Å². The minimum Gasteiger partial charge on any atom is -0.483 e. The monoisotopic (exact) mass is 428 g/mol. The molecular weight excluding hydrogens is 395 g/mol. The predicted molar refractivity (Wildman–Crippen MR) is 120 cm³/mol. The van der Waals surface area contributed by atoms with Gasteiger partial charge in [-0.25, -0.2) is 4.39 Å². The number of carbonyl (C=O) groups is 2. The molecule has 2 amide bonds. The second-order valence-corrected chi connectivity index (χ2v) is 7.95. The molecule has 0 saturated heterocycles. The molecule has 2 rings (SSSR count). The van der Waals surface area contributed by atoms with Crippen LogP contribution in [0.2, 0.25) is 0 Å². The van der Waals surface area contributed by atoms with E-state index in [2.05, 4.69) is 5.32 Å². The second-order valence-electron chi connectivity index (χ2n) is 7.95. The zero-order valence-electron chi connectivity index (χ0n) is 19.1. The van der Waals surface area contributed by atoms with Crippen LogP contribution in [0.15, 0.2) is 42.5 Å². The van der Waals surface area contributed by atoms with Gasteiger partial charge in [-0.05, 0) is 62.9 Å². The Morgan fingerprint density at radius 1 is 1.06 bits per heavy atom. The lowest BCUT2D eigenvalue weighted by atomic mass is 10.1. The summed E-state index contributed by atoms with van der Waals surface area (Å²) >= 11 is 0. The third kappa shape index (κ3) is 7.09. The quantitative estimate of drug-likeness (QED) is 0.604. The first kappa shape index (κ1) is 24.4. The highest BCUT2D eigenvalue weighted by atomic mass is 19.1. The van der Waals surface area contributed by atoms with Gasteiger partial charge in [-0.3, -0.25) is 9.59 Å². The lowest BCUT2D eigenvalue weighted by Crippen LogP contribution is -2.51. The maximum Gasteiger partial charge on any atom is 0.261 e. The number of amides is 2. The molecule has 2 aromatic rings. The molecule has 0 aromatic heterocycles. The lowest BCUT2D eigenvalue weighted by Gasteiger charge is -2.31. The Kier molecular flexibility index (Phi) is 9.03. The summed E-state index contributed by atoms with van der Waals surface area (Å²) < 4.78 is 19.1. The molecular formula is C25H33FN2O3. The number of benzene rings is 2. The fourth-order valence-corrected chi connectivity index (χ4v) is 3.33. The minimum atomic E-state index is -0.644. The van der Waals surface area contributed by atoms with Gasteiger partial charge in [-0.1, -0.05) is 43.7 Å². The smallest absolute Gasteiger partial charge is 0.261 e. The molecule has 0 heterocycles. The molecule has 1 N–H and O–H groups in total. The van der Waals surface area contributed by atoms with Gasteiger partial charge in [0.25, 0.3) is 5.91 Å². The van der Waals surface area contributed by atoms with Crippen molar-refractivity contribution in [2.45, 2.75) is 66.1 Å². The third-order valence-corrected chi connectivity index (χ3v) is 5.33. The maximum atomic E-state index is 13.3. The molecule has 31 heavy (non-hydrogen) atoms. The highest BCUT2D eigenvalue weighted by Crippen LogP contribution is 2.20. The zero-order chi connectivity index (χ0) is 23.0. The van der Waals surface area contributed by atoms with E-state index in [1.165, 1.54) is 17.0 Å². The normalized spacial score (nSPS) is 12.7. The number of carbonyl (C=O) groups excluding carboxylic acids is 2. The summed E-state index contributed by atoms with van der Waals surface area (Å²) in [6.07, 6.45) is 1.25. The number of hydrogen-bond donors (Lipinski definition) is 1. The Bertz CT molecular complexity index is 883. The van der Waals surface area contributed by atoms with E-state index in [-0.39, 0.29) is 36.8 Å². The first-order chi connectivity index (χ1) is 14.7. The molecule has 5 nitrogen and oxygen atoms in total. The van der Waals surface area contributed by atoms with E-state index in [1.807, 2.05) is 52.8 Å². The molecule has 0 aliphatic rings. The number of ether oxygens (including phenoxy) is 1. The van der Waals surface area contributed by atoms with Crippen LogP contribution in [0.1, 0.15) is 50.3 Å². The summed E-state index contributed by atoms with van der Waals surface area (Å²) in [4.78, 5) is 27.6. The van der Waals surface area contributed by atoms with E-state index in [0.29, 0.717) is 12.2 Å². The first-order valence-corrected chi connectivity index (χ1v) is 10.8. The highest BCUT2D eigenvalue weighted by Gasteiger charge is 2.29. The van der Waals surface area contributed by atoms with Crippen LogP contribution in [0.3, 0.4) is 0 Å². The Morgan fingerprint density at radius 2 is 1.74 bits per heavy atom. The van der Waals surface area contributed by atoms with Gasteiger partial charge >= 0.3 is 0 Å². The van der Waals surface area contributed by atoms with Crippen LogP contribution in [-0.2, 0) is 16.1 Å². The molecule has 2 atom stereocenters. The largest absolute Gasteiger partial charge is 0.483 e. The highest BCUT2D eigenvalue weighted by molar-refractivity contribution is 5.88. The summed E-state index contributed by atoms with van der Waals surface area (Å²) in [5.74, 6) is -0.201. The van der Waals surface area contributed by atoms with Crippen molar-refractivity contribution in [3.05, 3.63) is 65.0 Å². The molecule has 0 fully saturated rings. The molecule has 0 aliphatic carbocycles. The standard InChI is InChI=1S/C25H33FN2O3/c1-6-19(5)27-25(30)22(7-2)28(15-20-9-11-21(26)12-10-20)24(29)16-31-23-13-8-17(3)14-18(23)4/h8-14,19,22H,6-7,15-16H2,1-5H3,(H,27,30). The number of nitrogens with one attached hydrogen (secondary N) is 1. The van der Waals surface area contributed by atoms with Crippen molar-refractivity contribution in [2.24, 2.45) is 0 Å². The average Bonchev–Trinajstić information content (AvgIpc) is 2.74. The molecule has 0 radical (unpaired) electrons. The first-order valence-electron chi connectivity index (χ1n) is 10.8. The summed E-state index contributed by atoms with van der Waals surface area (Å²) in [5, 5.41) is 2.97. The number of rotatable bonds is 10. The second kappa shape index (κ2) is 11.5. The van der Waals surface area contributed by atoms with Gasteiger partial charge in [0.1, 0.15) is 17.6 Å². The van der Waals surface area contributed by atoms with Gasteiger partial charge in [0.15, 0.2) is 6.61 Å². The molecule has 0 saturated carbocycles. The van der Waals surface area contributed by atoms with Crippen LogP contribution in [-0.4, -0.2) is 35.4 Å². The predicted octanol–water partition coefficient (Wildman–Crippen LogP) is 4.54. The fourth-order valence-electron chi connectivity index (χ4n) is 3.33. The Morgan fingerprint density at radius 3 is 2.32 bits per heavy atom. The Balaban J connectivity index is 2.22.